The predicted molar refractivity (Wildman–Crippen MR) is 78.7 cm³/mol. The standard InChI is InChI=1S/C14H17N5OS/c1-8-11-7-15-12(13-16-9(2)17-21-13)19(11)6-5-18(8)14(20)10-3-4-10/h7-8,10H,3-6H2,1-2H3/t8-/m1/s1. The van der Waals surface area contributed by atoms with Crippen LogP contribution in [0, 0.1) is 12.8 Å². The topological polar surface area (TPSA) is 63.9 Å². The number of hydrogen-bond acceptors (Lipinski definition) is 5. The summed E-state index contributed by atoms with van der Waals surface area (Å²) in [6.45, 7) is 5.51. The van der Waals surface area contributed by atoms with Gasteiger partial charge < -0.3 is 9.47 Å². The van der Waals surface area contributed by atoms with E-state index in [0.29, 0.717) is 5.91 Å². The van der Waals surface area contributed by atoms with Crippen LogP contribution in [0.4, 0.5) is 0 Å². The van der Waals surface area contributed by atoms with Crippen molar-refractivity contribution in [2.75, 3.05) is 6.54 Å². The highest BCUT2D eigenvalue weighted by atomic mass is 32.1. The van der Waals surface area contributed by atoms with Gasteiger partial charge in [0.25, 0.3) is 0 Å². The molecular weight excluding hydrogens is 286 g/mol. The van der Waals surface area contributed by atoms with Crippen LogP contribution in [0.5, 0.6) is 0 Å². The van der Waals surface area contributed by atoms with E-state index in [1.807, 2.05) is 18.0 Å². The molecule has 0 N–H and O–H groups in total. The summed E-state index contributed by atoms with van der Waals surface area (Å²) < 4.78 is 6.41. The van der Waals surface area contributed by atoms with Crippen LogP contribution in [-0.4, -0.2) is 36.3 Å². The zero-order valence-electron chi connectivity index (χ0n) is 12.1. The molecule has 0 unspecified atom stereocenters. The van der Waals surface area contributed by atoms with Crippen molar-refractivity contribution in [1.29, 1.82) is 0 Å². The molecule has 1 atom stereocenters. The molecule has 0 bridgehead atoms. The van der Waals surface area contributed by atoms with Crippen molar-refractivity contribution in [3.05, 3.63) is 17.7 Å². The van der Waals surface area contributed by atoms with Crippen LogP contribution in [0.1, 0.15) is 37.3 Å². The van der Waals surface area contributed by atoms with Crippen LogP contribution >= 0.6 is 11.5 Å². The first-order valence-corrected chi connectivity index (χ1v) is 8.09. The fourth-order valence-electron chi connectivity index (χ4n) is 2.94. The smallest absolute Gasteiger partial charge is 0.226 e. The summed E-state index contributed by atoms with van der Waals surface area (Å²) >= 11 is 1.38. The third-order valence-corrected chi connectivity index (χ3v) is 5.08. The van der Waals surface area contributed by atoms with E-state index in [9.17, 15) is 4.79 Å². The summed E-state index contributed by atoms with van der Waals surface area (Å²) in [5.74, 6) is 2.23. The van der Waals surface area contributed by atoms with Gasteiger partial charge in [-0.1, -0.05) is 0 Å². The first kappa shape index (κ1) is 12.9. The van der Waals surface area contributed by atoms with Gasteiger partial charge in [-0.05, 0) is 38.2 Å². The van der Waals surface area contributed by atoms with Gasteiger partial charge in [-0.3, -0.25) is 4.79 Å². The molecule has 1 aliphatic carbocycles. The van der Waals surface area contributed by atoms with E-state index in [2.05, 4.69) is 25.8 Å². The number of fused-ring (bicyclic) bond motifs is 1. The van der Waals surface area contributed by atoms with E-state index in [-0.39, 0.29) is 12.0 Å². The van der Waals surface area contributed by atoms with E-state index >= 15 is 0 Å². The number of hydrogen-bond donors (Lipinski definition) is 0. The van der Waals surface area contributed by atoms with Crippen molar-refractivity contribution in [2.24, 2.45) is 5.92 Å². The maximum absolute atomic E-state index is 12.3. The number of aromatic nitrogens is 4. The molecule has 2 aromatic heterocycles. The number of amides is 1. The molecule has 6 nitrogen and oxygen atoms in total. The maximum Gasteiger partial charge on any atom is 0.226 e. The van der Waals surface area contributed by atoms with Crippen LogP contribution in [0.2, 0.25) is 0 Å². The van der Waals surface area contributed by atoms with Crippen LogP contribution in [-0.2, 0) is 11.3 Å². The van der Waals surface area contributed by atoms with Crippen molar-refractivity contribution in [1.82, 2.24) is 23.8 Å². The fraction of sp³-hybridized carbons (Fsp3) is 0.571. The molecule has 2 aromatic rings. The van der Waals surface area contributed by atoms with Gasteiger partial charge in [0.05, 0.1) is 17.9 Å². The third kappa shape index (κ3) is 2.07. The van der Waals surface area contributed by atoms with Crippen molar-refractivity contribution in [2.45, 2.75) is 39.3 Å². The molecule has 1 fully saturated rings. The minimum atomic E-state index is 0.0853. The lowest BCUT2D eigenvalue weighted by Crippen LogP contribution is -2.41. The second-order valence-electron chi connectivity index (χ2n) is 5.79. The Bertz CT molecular complexity index is 702. The molecule has 0 spiro atoms. The average molecular weight is 303 g/mol. The highest BCUT2D eigenvalue weighted by Crippen LogP contribution is 2.36. The molecule has 0 saturated heterocycles. The zero-order valence-corrected chi connectivity index (χ0v) is 12.9. The summed E-state index contributed by atoms with van der Waals surface area (Å²) in [5, 5.41) is 0.855. The molecular formula is C14H17N5OS. The number of carbonyl (C=O) groups is 1. The number of nitrogens with zero attached hydrogens (tertiary/aromatic N) is 5. The molecule has 2 aliphatic rings. The highest BCUT2D eigenvalue weighted by Gasteiger charge is 2.38. The van der Waals surface area contributed by atoms with Crippen LogP contribution in [0.3, 0.4) is 0 Å². The summed E-state index contributed by atoms with van der Waals surface area (Å²) in [7, 11) is 0. The second kappa shape index (κ2) is 4.62. The zero-order chi connectivity index (χ0) is 14.6. The van der Waals surface area contributed by atoms with Gasteiger partial charge in [0.15, 0.2) is 10.8 Å². The molecule has 3 heterocycles. The van der Waals surface area contributed by atoms with Crippen molar-refractivity contribution in [3.8, 4) is 10.8 Å². The molecule has 21 heavy (non-hydrogen) atoms. The Morgan fingerprint density at radius 3 is 2.86 bits per heavy atom. The van der Waals surface area contributed by atoms with Gasteiger partial charge >= 0.3 is 0 Å². The summed E-state index contributed by atoms with van der Waals surface area (Å²) in [5.41, 5.74) is 1.10. The van der Waals surface area contributed by atoms with E-state index in [1.165, 1.54) is 11.5 Å². The van der Waals surface area contributed by atoms with E-state index in [0.717, 1.165) is 48.3 Å². The third-order valence-electron chi connectivity index (χ3n) is 4.28. The van der Waals surface area contributed by atoms with E-state index in [1.54, 1.807) is 0 Å². The Labute approximate surface area is 127 Å². The number of carbonyl (C=O) groups excluding carboxylic acids is 1. The molecule has 0 aromatic carbocycles. The number of aryl methyl sites for hydroxylation is 1. The summed E-state index contributed by atoms with van der Waals surface area (Å²) in [6, 6.07) is 0.0853. The van der Waals surface area contributed by atoms with Gasteiger partial charge in [-0.15, -0.1) is 0 Å². The average Bonchev–Trinajstić information content (AvgIpc) is 3.09. The Morgan fingerprint density at radius 1 is 1.38 bits per heavy atom. The Hall–Kier alpha value is -1.76. The fourth-order valence-corrected chi connectivity index (χ4v) is 3.62. The van der Waals surface area contributed by atoms with Crippen molar-refractivity contribution in [3.63, 3.8) is 0 Å². The molecule has 0 radical (unpaired) electrons. The first-order chi connectivity index (χ1) is 10.1. The summed E-state index contributed by atoms with van der Waals surface area (Å²) in [6.07, 6.45) is 3.98. The lowest BCUT2D eigenvalue weighted by atomic mass is 10.1. The van der Waals surface area contributed by atoms with Gasteiger partial charge in [0.2, 0.25) is 5.91 Å². The minimum Gasteiger partial charge on any atom is -0.332 e. The normalized spacial score (nSPS) is 21.4. The van der Waals surface area contributed by atoms with E-state index < -0.39 is 0 Å². The summed E-state index contributed by atoms with van der Waals surface area (Å²) in [4.78, 5) is 23.3. The SMILES string of the molecule is Cc1nsc(-c2ncc3n2CCN(C(=O)C2CC2)[C@@H]3C)n1. The second-order valence-corrected chi connectivity index (χ2v) is 6.54. The maximum atomic E-state index is 12.3. The number of imidazole rings is 1. The van der Waals surface area contributed by atoms with Crippen molar-refractivity contribution < 1.29 is 4.79 Å². The molecule has 1 amide bonds. The predicted octanol–water partition coefficient (Wildman–Crippen LogP) is 2.02. The Balaban J connectivity index is 1.67. The van der Waals surface area contributed by atoms with Gasteiger partial charge in [0, 0.05) is 19.0 Å². The van der Waals surface area contributed by atoms with Crippen LogP contribution < -0.4 is 0 Å². The minimum absolute atomic E-state index is 0.0853. The van der Waals surface area contributed by atoms with Gasteiger partial charge in [-0.2, -0.15) is 4.37 Å². The highest BCUT2D eigenvalue weighted by molar-refractivity contribution is 7.09. The molecule has 1 saturated carbocycles. The lowest BCUT2D eigenvalue weighted by molar-refractivity contribution is -0.135. The Morgan fingerprint density at radius 2 is 2.19 bits per heavy atom. The molecule has 4 rings (SSSR count). The van der Waals surface area contributed by atoms with Gasteiger partial charge in [-0.25, -0.2) is 9.97 Å². The largest absolute Gasteiger partial charge is 0.332 e. The molecule has 110 valence electrons. The number of rotatable bonds is 2. The van der Waals surface area contributed by atoms with Gasteiger partial charge in [0.1, 0.15) is 5.82 Å². The lowest BCUT2D eigenvalue weighted by Gasteiger charge is -2.35. The van der Waals surface area contributed by atoms with Crippen LogP contribution in [0.25, 0.3) is 10.8 Å². The first-order valence-electron chi connectivity index (χ1n) is 7.31. The Kier molecular flexibility index (Phi) is 2.85. The molecule has 1 aliphatic heterocycles. The quantitative estimate of drug-likeness (QED) is 0.851. The molecule has 7 heteroatoms. The van der Waals surface area contributed by atoms with Crippen LogP contribution in [0.15, 0.2) is 6.20 Å². The van der Waals surface area contributed by atoms with E-state index in [4.69, 9.17) is 0 Å². The monoisotopic (exact) mass is 303 g/mol. The van der Waals surface area contributed by atoms with Crippen molar-refractivity contribution >= 4 is 17.4 Å².